The summed E-state index contributed by atoms with van der Waals surface area (Å²) in [5.41, 5.74) is 0. The van der Waals surface area contributed by atoms with Crippen LogP contribution in [0.3, 0.4) is 0 Å². The van der Waals surface area contributed by atoms with Gasteiger partial charge >= 0.3 is 7.55 Å². The summed E-state index contributed by atoms with van der Waals surface area (Å²) in [6.45, 7) is 0. The van der Waals surface area contributed by atoms with Gasteiger partial charge in [0.2, 0.25) is 0 Å². The normalized spacial score (nSPS) is 13.1. The quantitative estimate of drug-likeness (QED) is 0.704. The van der Waals surface area contributed by atoms with Crippen LogP contribution in [-0.4, -0.2) is 17.5 Å². The summed E-state index contributed by atoms with van der Waals surface area (Å²) in [5.74, 6) is 1.78. The summed E-state index contributed by atoms with van der Waals surface area (Å²) in [6.07, 6.45) is 7.47. The number of pyridine rings is 2. The summed E-state index contributed by atoms with van der Waals surface area (Å²) in [7, 11) is 1.95. The third kappa shape index (κ3) is 2.60. The molecule has 0 atom stereocenters. The van der Waals surface area contributed by atoms with Crippen LogP contribution in [0, 0.1) is 0 Å². The van der Waals surface area contributed by atoms with E-state index in [1.807, 2.05) is 66.0 Å². The second kappa shape index (κ2) is 5.80. The van der Waals surface area contributed by atoms with Crippen LogP contribution in [0.1, 0.15) is 0 Å². The van der Waals surface area contributed by atoms with E-state index in [4.69, 9.17) is 0 Å². The number of anilines is 2. The first kappa shape index (κ1) is 12.8. The molecule has 2 aromatic heterocycles. The van der Waals surface area contributed by atoms with Crippen LogP contribution in [-0.2, 0) is 20.1 Å². The standard InChI is InChI=1S/C12H10BN4.Ir/c1-3-7-14-11(5-1)16-9-10-17(13-16)12-6-2-4-8-15-12;/h1-10H;. The maximum atomic E-state index is 4.29. The van der Waals surface area contributed by atoms with Gasteiger partial charge in [-0.05, 0) is 24.3 Å². The largest absolute Gasteiger partial charge is 0.402 e. The van der Waals surface area contributed by atoms with Gasteiger partial charge in [0, 0.05) is 44.9 Å². The fourth-order valence-corrected chi connectivity index (χ4v) is 1.64. The van der Waals surface area contributed by atoms with E-state index >= 15 is 0 Å². The zero-order chi connectivity index (χ0) is 11.5. The van der Waals surface area contributed by atoms with Gasteiger partial charge in [-0.3, -0.25) is 0 Å². The third-order valence-electron chi connectivity index (χ3n) is 2.46. The Morgan fingerprint density at radius 1 is 0.778 bits per heavy atom. The predicted molar refractivity (Wildman–Crippen MR) is 68.3 cm³/mol. The van der Waals surface area contributed by atoms with Gasteiger partial charge in [0.25, 0.3) is 0 Å². The van der Waals surface area contributed by atoms with Crippen LogP contribution < -0.4 is 9.62 Å². The van der Waals surface area contributed by atoms with Crippen molar-refractivity contribution in [1.82, 2.24) is 9.97 Å². The van der Waals surface area contributed by atoms with Crippen LogP contribution in [0.4, 0.5) is 11.6 Å². The summed E-state index contributed by atoms with van der Waals surface area (Å²) >= 11 is 0. The van der Waals surface area contributed by atoms with Gasteiger partial charge in [0.15, 0.2) is 0 Å². The molecular weight excluding hydrogens is 403 g/mol. The molecule has 3 heterocycles. The third-order valence-corrected chi connectivity index (χ3v) is 2.46. The van der Waals surface area contributed by atoms with E-state index in [0.29, 0.717) is 0 Å². The van der Waals surface area contributed by atoms with Crippen LogP contribution >= 0.6 is 0 Å². The molecule has 18 heavy (non-hydrogen) atoms. The number of hydrogen-bond donors (Lipinski definition) is 0. The van der Waals surface area contributed by atoms with E-state index in [-0.39, 0.29) is 20.1 Å². The molecule has 0 bridgehead atoms. The van der Waals surface area contributed by atoms with Crippen molar-refractivity contribution < 1.29 is 20.1 Å². The van der Waals surface area contributed by atoms with Gasteiger partial charge in [-0.2, -0.15) is 0 Å². The van der Waals surface area contributed by atoms with Crippen molar-refractivity contribution >= 4 is 19.2 Å². The molecule has 0 saturated heterocycles. The van der Waals surface area contributed by atoms with Crippen LogP contribution in [0.5, 0.6) is 0 Å². The van der Waals surface area contributed by atoms with Crippen molar-refractivity contribution in [3.05, 3.63) is 61.2 Å². The second-order valence-electron chi connectivity index (χ2n) is 3.60. The van der Waals surface area contributed by atoms with Gasteiger partial charge in [-0.1, -0.05) is 12.1 Å². The fourth-order valence-electron chi connectivity index (χ4n) is 1.64. The summed E-state index contributed by atoms with van der Waals surface area (Å²) < 4.78 is 0. The first-order valence-electron chi connectivity index (χ1n) is 5.35. The molecule has 90 valence electrons. The van der Waals surface area contributed by atoms with Crippen LogP contribution in [0.2, 0.25) is 0 Å². The average molecular weight is 413 g/mol. The Morgan fingerprint density at radius 3 is 1.67 bits per heavy atom. The molecule has 4 nitrogen and oxygen atoms in total. The van der Waals surface area contributed by atoms with E-state index in [1.54, 1.807) is 12.4 Å². The zero-order valence-electron chi connectivity index (χ0n) is 9.47. The Bertz CT molecular complexity index is 473. The molecule has 0 spiro atoms. The Hall–Kier alpha value is -1.65. The summed E-state index contributed by atoms with van der Waals surface area (Å²) in [5, 5.41) is 0. The number of nitrogens with zero attached hydrogens (tertiary/aromatic N) is 4. The van der Waals surface area contributed by atoms with Gasteiger partial charge in [0.1, 0.15) is 11.6 Å². The van der Waals surface area contributed by atoms with Gasteiger partial charge < -0.3 is 9.62 Å². The molecule has 0 aromatic carbocycles. The monoisotopic (exact) mass is 414 g/mol. The maximum Gasteiger partial charge on any atom is 0.402 e. The molecule has 1 aliphatic rings. The van der Waals surface area contributed by atoms with Crippen molar-refractivity contribution in [2.45, 2.75) is 0 Å². The number of aromatic nitrogens is 2. The molecule has 0 amide bonds. The van der Waals surface area contributed by atoms with E-state index in [9.17, 15) is 0 Å². The van der Waals surface area contributed by atoms with Crippen molar-refractivity contribution in [3.8, 4) is 0 Å². The first-order chi connectivity index (χ1) is 8.43. The molecule has 2 aromatic rings. The van der Waals surface area contributed by atoms with Crippen molar-refractivity contribution in [2.24, 2.45) is 0 Å². The molecule has 0 unspecified atom stereocenters. The summed E-state index contributed by atoms with van der Waals surface area (Å²) in [4.78, 5) is 12.5. The molecule has 0 saturated carbocycles. The minimum Gasteiger partial charge on any atom is -0.358 e. The molecule has 6 heteroatoms. The van der Waals surface area contributed by atoms with E-state index < -0.39 is 0 Å². The fraction of sp³-hybridized carbons (Fsp3) is 0. The average Bonchev–Trinajstić information content (AvgIpc) is 2.90. The molecule has 2 radical (unpaired) electrons. The topological polar surface area (TPSA) is 32.3 Å². The second-order valence-corrected chi connectivity index (χ2v) is 3.60. The minimum atomic E-state index is 0. The Balaban J connectivity index is 0.00000120. The Labute approximate surface area is 120 Å². The van der Waals surface area contributed by atoms with Crippen molar-refractivity contribution in [3.63, 3.8) is 0 Å². The van der Waals surface area contributed by atoms with E-state index in [2.05, 4.69) is 9.97 Å². The Kier molecular flexibility index (Phi) is 4.13. The smallest absolute Gasteiger partial charge is 0.358 e. The molecular formula is C12H10BIrN4. The van der Waals surface area contributed by atoms with Gasteiger partial charge in [-0.15, -0.1) is 0 Å². The van der Waals surface area contributed by atoms with E-state index in [0.717, 1.165) is 11.6 Å². The maximum absolute atomic E-state index is 4.29. The Morgan fingerprint density at radius 2 is 1.28 bits per heavy atom. The zero-order valence-corrected chi connectivity index (χ0v) is 11.9. The van der Waals surface area contributed by atoms with Crippen molar-refractivity contribution in [2.75, 3.05) is 9.62 Å². The molecule has 3 rings (SSSR count). The van der Waals surface area contributed by atoms with Crippen LogP contribution in [0.15, 0.2) is 61.2 Å². The molecule has 0 N–H and O–H groups in total. The number of rotatable bonds is 2. The molecule has 0 fully saturated rings. The molecule has 0 aliphatic carbocycles. The minimum absolute atomic E-state index is 0. The van der Waals surface area contributed by atoms with Gasteiger partial charge in [0.05, 0.1) is 0 Å². The van der Waals surface area contributed by atoms with Crippen molar-refractivity contribution in [1.29, 1.82) is 0 Å². The summed E-state index contributed by atoms with van der Waals surface area (Å²) in [6, 6.07) is 11.7. The number of hydrogen-bond acceptors (Lipinski definition) is 4. The predicted octanol–water partition coefficient (Wildman–Crippen LogP) is 1.81. The SMILES string of the molecule is [B]1N(c2ccccn2)C=CN1c1ccccn1.[Ir]. The van der Waals surface area contributed by atoms with Gasteiger partial charge in [-0.25, -0.2) is 9.97 Å². The first-order valence-corrected chi connectivity index (χ1v) is 5.35. The van der Waals surface area contributed by atoms with E-state index in [1.165, 1.54) is 0 Å². The van der Waals surface area contributed by atoms with Crippen LogP contribution in [0.25, 0.3) is 0 Å². The molecule has 1 aliphatic heterocycles.